The fourth-order valence-corrected chi connectivity index (χ4v) is 4.24. The third-order valence-electron chi connectivity index (χ3n) is 5.60. The Morgan fingerprint density at radius 1 is 1.21 bits per heavy atom. The molecule has 4 rings (SSSR count). The van der Waals surface area contributed by atoms with Crippen LogP contribution in [0, 0.1) is 23.0 Å². The van der Waals surface area contributed by atoms with Gasteiger partial charge >= 0.3 is 6.09 Å². The summed E-state index contributed by atoms with van der Waals surface area (Å²) in [6.07, 6.45) is 3.12. The van der Waals surface area contributed by atoms with Gasteiger partial charge in [0.1, 0.15) is 23.3 Å². The first-order valence-corrected chi connectivity index (χ1v) is 9.71. The molecule has 28 heavy (non-hydrogen) atoms. The normalized spacial score (nSPS) is 25.0. The third kappa shape index (κ3) is 4.62. The van der Waals surface area contributed by atoms with E-state index in [2.05, 4.69) is 10.6 Å². The zero-order valence-electron chi connectivity index (χ0n) is 16.8. The van der Waals surface area contributed by atoms with E-state index in [0.29, 0.717) is 6.42 Å². The quantitative estimate of drug-likeness (QED) is 0.759. The highest BCUT2D eigenvalue weighted by atomic mass is 19.1. The fraction of sp³-hybridized carbons (Fsp3) is 0.619. The van der Waals surface area contributed by atoms with Crippen LogP contribution in [0.2, 0.25) is 0 Å². The Morgan fingerprint density at radius 2 is 1.86 bits per heavy atom. The average molecular weight is 394 g/mol. The maximum absolute atomic E-state index is 14.0. The summed E-state index contributed by atoms with van der Waals surface area (Å²) in [7, 11) is 0. The molecule has 3 aliphatic rings. The van der Waals surface area contributed by atoms with Crippen LogP contribution >= 0.6 is 0 Å². The Hall–Kier alpha value is -2.18. The molecule has 2 atom stereocenters. The monoisotopic (exact) mass is 394 g/mol. The third-order valence-corrected chi connectivity index (χ3v) is 5.60. The van der Waals surface area contributed by atoms with Crippen LogP contribution in [0.3, 0.4) is 0 Å². The second-order valence-corrected chi connectivity index (χ2v) is 9.28. The van der Waals surface area contributed by atoms with Crippen LogP contribution in [0.5, 0.6) is 0 Å². The van der Waals surface area contributed by atoms with Crippen molar-refractivity contribution in [2.75, 3.05) is 0 Å². The number of hydrogen-bond donors (Lipinski definition) is 2. The van der Waals surface area contributed by atoms with Crippen LogP contribution < -0.4 is 10.6 Å². The van der Waals surface area contributed by atoms with Gasteiger partial charge in [-0.25, -0.2) is 13.6 Å². The number of carbonyl (C=O) groups excluding carboxylic acids is 2. The van der Waals surface area contributed by atoms with E-state index in [1.165, 1.54) is 6.07 Å². The lowest BCUT2D eigenvalue weighted by Crippen LogP contribution is -2.58. The molecular formula is C21H28F2N2O3. The first kappa shape index (κ1) is 20.6. The van der Waals surface area contributed by atoms with Crippen molar-refractivity contribution < 1.29 is 23.1 Å². The van der Waals surface area contributed by atoms with Gasteiger partial charge in [0.2, 0.25) is 5.91 Å². The molecule has 0 spiro atoms. The SMILES string of the molecule is C[C@H](NC(=O)C(CC12CC(C1)C2)NC(=O)OC(C)(C)C)c1ccc(F)cc1F. The molecule has 0 saturated heterocycles. The van der Waals surface area contributed by atoms with Gasteiger partial charge < -0.3 is 15.4 Å². The molecule has 7 heteroatoms. The summed E-state index contributed by atoms with van der Waals surface area (Å²) in [5.74, 6) is -1.04. The van der Waals surface area contributed by atoms with Crippen molar-refractivity contribution in [2.45, 2.75) is 71.1 Å². The van der Waals surface area contributed by atoms with E-state index in [0.717, 1.165) is 37.3 Å². The van der Waals surface area contributed by atoms with Crippen molar-refractivity contribution in [3.05, 3.63) is 35.4 Å². The molecule has 5 nitrogen and oxygen atoms in total. The molecule has 2 N–H and O–H groups in total. The number of rotatable bonds is 6. The van der Waals surface area contributed by atoms with E-state index in [4.69, 9.17) is 4.74 Å². The molecule has 0 aliphatic heterocycles. The lowest BCUT2D eigenvalue weighted by atomic mass is 9.43. The number of alkyl carbamates (subject to hydrolysis) is 1. The summed E-state index contributed by atoms with van der Waals surface area (Å²) in [5.41, 5.74) is -0.367. The lowest BCUT2D eigenvalue weighted by Gasteiger charge is -2.63. The number of benzene rings is 1. The van der Waals surface area contributed by atoms with E-state index in [-0.39, 0.29) is 11.0 Å². The molecule has 0 heterocycles. The number of nitrogens with one attached hydrogen (secondary N) is 2. The van der Waals surface area contributed by atoms with Crippen molar-refractivity contribution in [3.63, 3.8) is 0 Å². The molecule has 1 aromatic rings. The number of amides is 2. The first-order chi connectivity index (χ1) is 13.0. The molecule has 0 radical (unpaired) electrons. The minimum atomic E-state index is -0.762. The molecular weight excluding hydrogens is 366 g/mol. The van der Waals surface area contributed by atoms with Crippen LogP contribution in [0.4, 0.5) is 13.6 Å². The van der Waals surface area contributed by atoms with Gasteiger partial charge in [-0.3, -0.25) is 4.79 Å². The van der Waals surface area contributed by atoms with Crippen molar-refractivity contribution in [1.82, 2.24) is 10.6 Å². The van der Waals surface area contributed by atoms with E-state index in [1.807, 2.05) is 0 Å². The fourth-order valence-electron chi connectivity index (χ4n) is 4.24. The molecule has 3 aliphatic carbocycles. The van der Waals surface area contributed by atoms with E-state index in [9.17, 15) is 18.4 Å². The van der Waals surface area contributed by atoms with Gasteiger partial charge in [0.25, 0.3) is 0 Å². The van der Waals surface area contributed by atoms with Gasteiger partial charge in [-0.15, -0.1) is 0 Å². The van der Waals surface area contributed by atoms with Gasteiger partial charge in [0.15, 0.2) is 0 Å². The Balaban J connectivity index is 1.67. The predicted octanol–water partition coefficient (Wildman–Crippen LogP) is 4.23. The van der Waals surface area contributed by atoms with E-state index in [1.54, 1.807) is 27.7 Å². The van der Waals surface area contributed by atoms with Gasteiger partial charge in [0, 0.05) is 11.6 Å². The van der Waals surface area contributed by atoms with Gasteiger partial charge in [-0.1, -0.05) is 6.07 Å². The zero-order chi connectivity index (χ0) is 20.7. The van der Waals surface area contributed by atoms with Crippen molar-refractivity contribution in [3.8, 4) is 0 Å². The standard InChI is InChI=1S/C21H28F2N2O3/c1-12(15-6-5-14(22)7-16(15)23)24-18(26)17(11-21-8-13(9-21)10-21)25-19(27)28-20(2,3)4/h5-7,12-13,17H,8-11H2,1-4H3,(H,24,26)(H,25,27)/t12-,13?,17?,21?/m0/s1. The van der Waals surface area contributed by atoms with Crippen LogP contribution in [0.15, 0.2) is 18.2 Å². The van der Waals surface area contributed by atoms with Gasteiger partial charge in [-0.05, 0) is 70.8 Å². The Morgan fingerprint density at radius 3 is 2.36 bits per heavy atom. The second kappa shape index (κ2) is 7.33. The zero-order valence-corrected chi connectivity index (χ0v) is 16.8. The molecule has 2 bridgehead atoms. The lowest BCUT2D eigenvalue weighted by molar-refractivity contribution is -0.137. The molecule has 3 fully saturated rings. The first-order valence-electron chi connectivity index (χ1n) is 9.71. The summed E-state index contributed by atoms with van der Waals surface area (Å²) >= 11 is 0. The molecule has 154 valence electrons. The second-order valence-electron chi connectivity index (χ2n) is 9.28. The van der Waals surface area contributed by atoms with Gasteiger partial charge in [-0.2, -0.15) is 0 Å². The summed E-state index contributed by atoms with van der Waals surface area (Å²) < 4.78 is 32.4. The Labute approximate surface area is 164 Å². The van der Waals surface area contributed by atoms with Crippen LogP contribution in [0.1, 0.15) is 65.0 Å². The van der Waals surface area contributed by atoms with Gasteiger partial charge in [0.05, 0.1) is 6.04 Å². The van der Waals surface area contributed by atoms with Crippen LogP contribution in [-0.4, -0.2) is 23.6 Å². The largest absolute Gasteiger partial charge is 0.444 e. The highest BCUT2D eigenvalue weighted by molar-refractivity contribution is 5.86. The average Bonchev–Trinajstić information content (AvgIpc) is 2.45. The molecule has 1 aromatic carbocycles. The summed E-state index contributed by atoms with van der Waals surface area (Å²) in [6.45, 7) is 6.88. The highest BCUT2D eigenvalue weighted by Crippen LogP contribution is 2.66. The minimum Gasteiger partial charge on any atom is -0.444 e. The smallest absolute Gasteiger partial charge is 0.408 e. The van der Waals surface area contributed by atoms with Crippen molar-refractivity contribution in [2.24, 2.45) is 11.3 Å². The number of halogens is 2. The summed E-state index contributed by atoms with van der Waals surface area (Å²) in [5, 5.41) is 5.42. The molecule has 2 amide bonds. The number of ether oxygens (including phenoxy) is 1. The maximum Gasteiger partial charge on any atom is 0.408 e. The van der Waals surface area contributed by atoms with E-state index >= 15 is 0 Å². The topological polar surface area (TPSA) is 67.4 Å². The number of hydrogen-bond acceptors (Lipinski definition) is 3. The molecule has 1 unspecified atom stereocenters. The minimum absolute atomic E-state index is 0.117. The Bertz CT molecular complexity index is 758. The van der Waals surface area contributed by atoms with Crippen molar-refractivity contribution >= 4 is 12.0 Å². The molecule has 3 saturated carbocycles. The highest BCUT2D eigenvalue weighted by Gasteiger charge is 2.57. The van der Waals surface area contributed by atoms with Crippen LogP contribution in [-0.2, 0) is 9.53 Å². The molecule has 0 aromatic heterocycles. The maximum atomic E-state index is 14.0. The van der Waals surface area contributed by atoms with Crippen molar-refractivity contribution in [1.29, 1.82) is 0 Å². The summed E-state index contributed by atoms with van der Waals surface area (Å²) in [6, 6.07) is 1.83. The van der Waals surface area contributed by atoms with Crippen LogP contribution in [0.25, 0.3) is 0 Å². The predicted molar refractivity (Wildman–Crippen MR) is 100 cm³/mol. The summed E-state index contributed by atoms with van der Waals surface area (Å²) in [4.78, 5) is 25.1. The number of carbonyl (C=O) groups is 2. The van der Waals surface area contributed by atoms with E-state index < -0.39 is 41.3 Å². The Kier molecular flexibility index (Phi) is 5.38.